The Hall–Kier alpha value is -2.78. The van der Waals surface area contributed by atoms with Crippen molar-refractivity contribution in [1.29, 1.82) is 0 Å². The molecule has 0 aliphatic carbocycles. The first kappa shape index (κ1) is 30.8. The number of nitrogens with zero attached hydrogens (tertiary/aromatic N) is 2. The van der Waals surface area contributed by atoms with Gasteiger partial charge in [0.1, 0.15) is 12.6 Å². The molecule has 11 heteroatoms. The largest absolute Gasteiger partial charge is 0.355 e. The first-order chi connectivity index (χ1) is 18.3. The number of nitrogens with one attached hydrogen (secondary N) is 1. The van der Waals surface area contributed by atoms with E-state index in [0.717, 1.165) is 9.87 Å². The lowest BCUT2D eigenvalue weighted by Crippen LogP contribution is -2.51. The molecule has 0 aromatic heterocycles. The van der Waals surface area contributed by atoms with Crippen LogP contribution >= 0.6 is 34.8 Å². The van der Waals surface area contributed by atoms with Gasteiger partial charge in [-0.3, -0.25) is 13.9 Å². The number of hydrogen-bond donors (Lipinski definition) is 1. The van der Waals surface area contributed by atoms with Gasteiger partial charge in [-0.2, -0.15) is 0 Å². The third kappa shape index (κ3) is 7.45. The molecule has 3 rings (SSSR count). The number of anilines is 1. The number of carbonyl (C=O) groups is 2. The van der Waals surface area contributed by atoms with Gasteiger partial charge in [0.05, 0.1) is 10.6 Å². The minimum absolute atomic E-state index is 0.0179. The lowest BCUT2D eigenvalue weighted by Gasteiger charge is -2.32. The zero-order valence-electron chi connectivity index (χ0n) is 22.0. The highest BCUT2D eigenvalue weighted by Gasteiger charge is 2.33. The summed E-state index contributed by atoms with van der Waals surface area (Å²) >= 11 is 18.7. The van der Waals surface area contributed by atoms with Gasteiger partial charge in [0.2, 0.25) is 11.8 Å². The van der Waals surface area contributed by atoms with Crippen LogP contribution in [-0.2, 0) is 26.2 Å². The Balaban J connectivity index is 2.09. The fraction of sp³-hybridized carbons (Fsp3) is 0.286. The molecule has 0 saturated heterocycles. The first-order valence-corrected chi connectivity index (χ1v) is 14.8. The van der Waals surface area contributed by atoms with E-state index in [0.29, 0.717) is 32.7 Å². The minimum Gasteiger partial charge on any atom is -0.355 e. The standard InChI is InChI=1S/C28H30Cl3N3O4S/c1-5-32-28(36)20(4)33(16-21-9-11-22(29)14-25(21)31)27(35)17-34(26-15-23(30)10-8-19(26)3)39(37,38)24-12-6-18(2)7-13-24/h6-15,20H,5,16-17H2,1-4H3,(H,32,36)/t20-/m0/s1. The summed E-state index contributed by atoms with van der Waals surface area (Å²) in [6, 6.07) is 15.1. The highest BCUT2D eigenvalue weighted by atomic mass is 35.5. The summed E-state index contributed by atoms with van der Waals surface area (Å²) in [5.41, 5.74) is 2.30. The maximum atomic E-state index is 13.9. The molecule has 0 spiro atoms. The average Bonchev–Trinajstić information content (AvgIpc) is 2.88. The molecule has 0 heterocycles. The Morgan fingerprint density at radius 3 is 2.15 bits per heavy atom. The fourth-order valence-electron chi connectivity index (χ4n) is 3.94. The molecule has 1 atom stereocenters. The van der Waals surface area contributed by atoms with Crippen LogP contribution in [-0.4, -0.2) is 44.3 Å². The smallest absolute Gasteiger partial charge is 0.264 e. The maximum absolute atomic E-state index is 13.9. The molecule has 0 saturated carbocycles. The molecule has 7 nitrogen and oxygen atoms in total. The second-order valence-electron chi connectivity index (χ2n) is 9.08. The van der Waals surface area contributed by atoms with Crippen LogP contribution in [0.25, 0.3) is 0 Å². The molecule has 0 bridgehead atoms. The Morgan fingerprint density at radius 1 is 0.923 bits per heavy atom. The van der Waals surface area contributed by atoms with Crippen molar-refractivity contribution in [3.05, 3.63) is 92.4 Å². The molecule has 0 radical (unpaired) electrons. The van der Waals surface area contributed by atoms with E-state index in [-0.39, 0.29) is 23.0 Å². The molecule has 2 amide bonds. The lowest BCUT2D eigenvalue weighted by molar-refractivity contribution is -0.139. The maximum Gasteiger partial charge on any atom is 0.264 e. The van der Waals surface area contributed by atoms with Crippen molar-refractivity contribution >= 4 is 62.3 Å². The van der Waals surface area contributed by atoms with Crippen molar-refractivity contribution in [3.63, 3.8) is 0 Å². The number of halogens is 3. The van der Waals surface area contributed by atoms with Crippen molar-refractivity contribution in [2.45, 2.75) is 45.2 Å². The Labute approximate surface area is 244 Å². The van der Waals surface area contributed by atoms with Crippen molar-refractivity contribution in [3.8, 4) is 0 Å². The number of sulfonamides is 1. The fourth-order valence-corrected chi connectivity index (χ4v) is 6.05. The summed E-state index contributed by atoms with van der Waals surface area (Å²) in [5.74, 6) is -0.988. The van der Waals surface area contributed by atoms with Crippen LogP contribution in [0, 0.1) is 13.8 Å². The number of aryl methyl sites for hydroxylation is 2. The van der Waals surface area contributed by atoms with Crippen LogP contribution in [0.3, 0.4) is 0 Å². The molecule has 39 heavy (non-hydrogen) atoms. The van der Waals surface area contributed by atoms with Crippen molar-refractivity contribution in [2.75, 3.05) is 17.4 Å². The Kier molecular flexibility index (Phi) is 10.3. The summed E-state index contributed by atoms with van der Waals surface area (Å²) in [7, 11) is -4.20. The molecule has 3 aromatic rings. The lowest BCUT2D eigenvalue weighted by atomic mass is 10.1. The number of hydrogen-bond acceptors (Lipinski definition) is 4. The topological polar surface area (TPSA) is 86.8 Å². The molecule has 3 aromatic carbocycles. The summed E-state index contributed by atoms with van der Waals surface area (Å²) in [5, 5.41) is 3.77. The summed E-state index contributed by atoms with van der Waals surface area (Å²) in [6.45, 7) is 6.67. The third-order valence-electron chi connectivity index (χ3n) is 6.20. The van der Waals surface area contributed by atoms with Gasteiger partial charge in [0.25, 0.3) is 10.0 Å². The summed E-state index contributed by atoms with van der Waals surface area (Å²) in [6.07, 6.45) is 0. The SMILES string of the molecule is CCNC(=O)[C@H](C)N(Cc1ccc(Cl)cc1Cl)C(=O)CN(c1cc(Cl)ccc1C)S(=O)(=O)c1ccc(C)cc1. The van der Waals surface area contributed by atoms with E-state index in [2.05, 4.69) is 5.32 Å². The number of benzene rings is 3. The van der Waals surface area contributed by atoms with Crippen LogP contribution in [0.4, 0.5) is 5.69 Å². The van der Waals surface area contributed by atoms with E-state index in [1.54, 1.807) is 63.2 Å². The number of likely N-dealkylation sites (N-methyl/N-ethyl adjacent to an activating group) is 1. The van der Waals surface area contributed by atoms with Gasteiger partial charge in [-0.15, -0.1) is 0 Å². The van der Waals surface area contributed by atoms with Crippen LogP contribution in [0.15, 0.2) is 65.6 Å². The normalized spacial score (nSPS) is 12.1. The van der Waals surface area contributed by atoms with E-state index in [4.69, 9.17) is 34.8 Å². The zero-order chi connectivity index (χ0) is 28.9. The van der Waals surface area contributed by atoms with E-state index in [1.807, 2.05) is 6.92 Å². The third-order valence-corrected chi connectivity index (χ3v) is 8.80. The van der Waals surface area contributed by atoms with E-state index < -0.39 is 28.5 Å². The van der Waals surface area contributed by atoms with Gasteiger partial charge in [0.15, 0.2) is 0 Å². The molecular weight excluding hydrogens is 581 g/mol. The van der Waals surface area contributed by atoms with Gasteiger partial charge in [-0.1, -0.05) is 64.6 Å². The highest BCUT2D eigenvalue weighted by Crippen LogP contribution is 2.30. The predicted octanol–water partition coefficient (Wildman–Crippen LogP) is 6.01. The van der Waals surface area contributed by atoms with Gasteiger partial charge in [0, 0.05) is 28.2 Å². The predicted molar refractivity (Wildman–Crippen MR) is 157 cm³/mol. The number of rotatable bonds is 10. The van der Waals surface area contributed by atoms with Gasteiger partial charge >= 0.3 is 0 Å². The second kappa shape index (κ2) is 13.0. The van der Waals surface area contributed by atoms with E-state index >= 15 is 0 Å². The van der Waals surface area contributed by atoms with Gasteiger partial charge < -0.3 is 10.2 Å². The molecule has 0 aliphatic rings. The summed E-state index contributed by atoms with van der Waals surface area (Å²) < 4.78 is 28.9. The van der Waals surface area contributed by atoms with E-state index in [1.165, 1.54) is 23.1 Å². The molecule has 208 valence electrons. The van der Waals surface area contributed by atoms with Gasteiger partial charge in [-0.05, 0) is 75.2 Å². The second-order valence-corrected chi connectivity index (χ2v) is 12.2. The van der Waals surface area contributed by atoms with Crippen LogP contribution < -0.4 is 9.62 Å². The first-order valence-electron chi connectivity index (χ1n) is 12.2. The number of carbonyl (C=O) groups excluding carboxylic acids is 2. The van der Waals surface area contributed by atoms with Crippen LogP contribution in [0.5, 0.6) is 0 Å². The molecule has 0 unspecified atom stereocenters. The quantitative estimate of drug-likeness (QED) is 0.305. The summed E-state index contributed by atoms with van der Waals surface area (Å²) in [4.78, 5) is 28.1. The average molecular weight is 611 g/mol. The Morgan fingerprint density at radius 2 is 1.54 bits per heavy atom. The highest BCUT2D eigenvalue weighted by molar-refractivity contribution is 7.92. The van der Waals surface area contributed by atoms with E-state index in [9.17, 15) is 18.0 Å². The zero-order valence-corrected chi connectivity index (χ0v) is 25.1. The number of amides is 2. The Bertz CT molecular complexity index is 1460. The molecule has 0 fully saturated rings. The van der Waals surface area contributed by atoms with Crippen molar-refractivity contribution in [2.24, 2.45) is 0 Å². The molecule has 0 aliphatic heterocycles. The van der Waals surface area contributed by atoms with Crippen molar-refractivity contribution < 1.29 is 18.0 Å². The van der Waals surface area contributed by atoms with Crippen molar-refractivity contribution in [1.82, 2.24) is 10.2 Å². The minimum atomic E-state index is -4.20. The van der Waals surface area contributed by atoms with Gasteiger partial charge in [-0.25, -0.2) is 8.42 Å². The van der Waals surface area contributed by atoms with Crippen LogP contribution in [0.2, 0.25) is 15.1 Å². The molecule has 1 N–H and O–H groups in total. The monoisotopic (exact) mass is 609 g/mol. The molecular formula is C28H30Cl3N3O4S. The van der Waals surface area contributed by atoms with Crippen LogP contribution in [0.1, 0.15) is 30.5 Å².